The molecule has 1 heterocycles. The van der Waals surface area contributed by atoms with Crippen LogP contribution in [-0.2, 0) is 0 Å². The van der Waals surface area contributed by atoms with Crippen molar-refractivity contribution in [3.63, 3.8) is 0 Å². The van der Waals surface area contributed by atoms with Crippen LogP contribution in [0.15, 0.2) is 6.07 Å². The molecule has 0 bridgehead atoms. The number of carbonyl (C=O) groups excluding carboxylic acids is 1. The Hall–Kier alpha value is -1.05. The zero-order valence-electron chi connectivity index (χ0n) is 10.7. The summed E-state index contributed by atoms with van der Waals surface area (Å²) in [5.74, 6) is 0.742. The minimum Gasteiger partial charge on any atom is -0.345 e. The van der Waals surface area contributed by atoms with Crippen LogP contribution < -0.4 is 0 Å². The number of aromatic nitrogens is 1. The van der Waals surface area contributed by atoms with E-state index in [4.69, 9.17) is 0 Å². The summed E-state index contributed by atoms with van der Waals surface area (Å²) in [4.78, 5) is 12.1. The first kappa shape index (κ1) is 11.4. The molecule has 1 saturated carbocycles. The van der Waals surface area contributed by atoms with Crippen LogP contribution in [-0.4, -0.2) is 10.4 Å². The van der Waals surface area contributed by atoms with Crippen LogP contribution in [0.3, 0.4) is 0 Å². The lowest BCUT2D eigenvalue weighted by molar-refractivity contribution is 0.0967. The van der Waals surface area contributed by atoms with Gasteiger partial charge in [0.05, 0.1) is 0 Å². The number of carbonyl (C=O) groups is 1. The maximum absolute atomic E-state index is 12.1. The van der Waals surface area contributed by atoms with Crippen LogP contribution in [0.2, 0.25) is 0 Å². The Balaban J connectivity index is 2.28. The Morgan fingerprint density at radius 1 is 1.44 bits per heavy atom. The van der Waals surface area contributed by atoms with E-state index in [1.165, 1.54) is 24.2 Å². The first-order valence-electron chi connectivity index (χ1n) is 6.22. The Labute approximate surface area is 97.7 Å². The van der Waals surface area contributed by atoms with Crippen LogP contribution >= 0.6 is 0 Å². The van der Waals surface area contributed by atoms with Gasteiger partial charge in [0.2, 0.25) is 0 Å². The smallest absolute Gasteiger partial charge is 0.164 e. The van der Waals surface area contributed by atoms with E-state index in [9.17, 15) is 4.79 Å². The van der Waals surface area contributed by atoms with E-state index in [0.717, 1.165) is 5.56 Å². The Morgan fingerprint density at radius 2 is 2.06 bits per heavy atom. The van der Waals surface area contributed by atoms with Gasteiger partial charge in [0.15, 0.2) is 5.78 Å². The number of aryl methyl sites for hydroxylation is 1. The summed E-state index contributed by atoms with van der Waals surface area (Å²) in [5.41, 5.74) is 3.36. The summed E-state index contributed by atoms with van der Waals surface area (Å²) in [6, 6.07) is 2.74. The monoisotopic (exact) mass is 219 g/mol. The molecule has 1 aliphatic rings. The third-order valence-electron chi connectivity index (χ3n) is 3.29. The minimum atomic E-state index is 0.301. The predicted octanol–water partition coefficient (Wildman–Crippen LogP) is 3.67. The van der Waals surface area contributed by atoms with Crippen LogP contribution in [0, 0.1) is 19.8 Å². The van der Waals surface area contributed by atoms with Gasteiger partial charge in [0.1, 0.15) is 0 Å². The highest BCUT2D eigenvalue weighted by atomic mass is 16.1. The zero-order chi connectivity index (χ0) is 11.9. The summed E-state index contributed by atoms with van der Waals surface area (Å²) in [5, 5.41) is 0. The fourth-order valence-electron chi connectivity index (χ4n) is 2.43. The largest absolute Gasteiger partial charge is 0.345 e. The second kappa shape index (κ2) is 4.08. The Bertz CT molecular complexity index is 411. The molecule has 0 amide bonds. The van der Waals surface area contributed by atoms with Crippen molar-refractivity contribution in [2.45, 2.75) is 53.0 Å². The van der Waals surface area contributed by atoms with Gasteiger partial charge in [-0.1, -0.05) is 13.8 Å². The van der Waals surface area contributed by atoms with Crippen molar-refractivity contribution < 1.29 is 4.79 Å². The van der Waals surface area contributed by atoms with Gasteiger partial charge in [-0.2, -0.15) is 0 Å². The van der Waals surface area contributed by atoms with Gasteiger partial charge in [-0.25, -0.2) is 0 Å². The summed E-state index contributed by atoms with van der Waals surface area (Å²) in [7, 11) is 0. The molecular formula is C14H21NO. The van der Waals surface area contributed by atoms with E-state index < -0.39 is 0 Å². The molecule has 0 aromatic carbocycles. The van der Waals surface area contributed by atoms with Crippen LogP contribution in [0.1, 0.15) is 60.9 Å². The lowest BCUT2D eigenvalue weighted by atomic mass is 10.0. The van der Waals surface area contributed by atoms with Crippen LogP contribution in [0.25, 0.3) is 0 Å². The van der Waals surface area contributed by atoms with E-state index >= 15 is 0 Å². The third kappa shape index (κ3) is 2.06. The van der Waals surface area contributed by atoms with Gasteiger partial charge in [-0.15, -0.1) is 0 Å². The van der Waals surface area contributed by atoms with Crippen molar-refractivity contribution in [1.82, 2.24) is 4.57 Å². The molecule has 2 nitrogen and oxygen atoms in total. The molecule has 0 unspecified atom stereocenters. The summed E-state index contributed by atoms with van der Waals surface area (Å²) >= 11 is 0. The molecule has 1 aromatic rings. The van der Waals surface area contributed by atoms with E-state index in [2.05, 4.69) is 38.3 Å². The molecule has 0 saturated heterocycles. The number of hydrogen-bond acceptors (Lipinski definition) is 1. The van der Waals surface area contributed by atoms with Gasteiger partial charge in [-0.05, 0) is 38.7 Å². The van der Waals surface area contributed by atoms with Crippen molar-refractivity contribution in [3.8, 4) is 0 Å². The average molecular weight is 219 g/mol. The molecule has 2 rings (SSSR count). The molecule has 0 atom stereocenters. The first-order chi connectivity index (χ1) is 7.50. The summed E-state index contributed by atoms with van der Waals surface area (Å²) in [6.45, 7) is 8.38. The normalized spacial score (nSPS) is 15.8. The number of ketones is 1. The maximum Gasteiger partial charge on any atom is 0.164 e. The molecule has 2 heteroatoms. The fraction of sp³-hybridized carbons (Fsp3) is 0.643. The molecular weight excluding hydrogens is 198 g/mol. The van der Waals surface area contributed by atoms with Crippen molar-refractivity contribution in [2.75, 3.05) is 0 Å². The molecule has 0 N–H and O–H groups in total. The molecule has 0 radical (unpaired) electrons. The zero-order valence-corrected chi connectivity index (χ0v) is 10.7. The van der Waals surface area contributed by atoms with Crippen LogP contribution in [0.5, 0.6) is 0 Å². The quantitative estimate of drug-likeness (QED) is 0.708. The van der Waals surface area contributed by atoms with Gasteiger partial charge in [0, 0.05) is 29.4 Å². The maximum atomic E-state index is 12.1. The highest BCUT2D eigenvalue weighted by molar-refractivity contribution is 5.97. The number of Topliss-reactive ketones (excluding diaryl/α,β-unsaturated/α-hetero) is 1. The lowest BCUT2D eigenvalue weighted by Crippen LogP contribution is -2.06. The number of rotatable bonds is 4. The van der Waals surface area contributed by atoms with E-state index in [-0.39, 0.29) is 0 Å². The molecule has 88 valence electrons. The minimum absolute atomic E-state index is 0.301. The average Bonchev–Trinajstić information content (AvgIpc) is 2.93. The van der Waals surface area contributed by atoms with Gasteiger partial charge in [-0.3, -0.25) is 4.79 Å². The third-order valence-corrected chi connectivity index (χ3v) is 3.29. The van der Waals surface area contributed by atoms with Crippen molar-refractivity contribution in [2.24, 2.45) is 5.92 Å². The molecule has 1 fully saturated rings. The van der Waals surface area contributed by atoms with E-state index in [1.807, 2.05) is 0 Å². The molecule has 16 heavy (non-hydrogen) atoms. The van der Waals surface area contributed by atoms with Crippen molar-refractivity contribution in [3.05, 3.63) is 23.0 Å². The highest BCUT2D eigenvalue weighted by Crippen LogP contribution is 2.38. The molecule has 0 spiro atoms. The van der Waals surface area contributed by atoms with E-state index in [1.54, 1.807) is 0 Å². The first-order valence-corrected chi connectivity index (χ1v) is 6.22. The number of nitrogens with zero attached hydrogens (tertiary/aromatic N) is 1. The standard InChI is InChI=1S/C14H21NO/c1-9(2)7-14(16)13-8-10(3)15(11(13)4)12-5-6-12/h8-9,12H,5-7H2,1-4H3. The van der Waals surface area contributed by atoms with E-state index in [0.29, 0.717) is 24.2 Å². The van der Waals surface area contributed by atoms with Crippen molar-refractivity contribution >= 4 is 5.78 Å². The second-order valence-corrected chi connectivity index (χ2v) is 5.41. The van der Waals surface area contributed by atoms with Gasteiger partial charge < -0.3 is 4.57 Å². The highest BCUT2D eigenvalue weighted by Gasteiger charge is 2.28. The van der Waals surface area contributed by atoms with Gasteiger partial charge in [0.25, 0.3) is 0 Å². The van der Waals surface area contributed by atoms with Crippen molar-refractivity contribution in [1.29, 1.82) is 0 Å². The fourth-order valence-corrected chi connectivity index (χ4v) is 2.43. The Morgan fingerprint density at radius 3 is 2.56 bits per heavy atom. The predicted molar refractivity (Wildman–Crippen MR) is 66.0 cm³/mol. The molecule has 1 aliphatic carbocycles. The summed E-state index contributed by atoms with van der Waals surface area (Å²) < 4.78 is 2.34. The molecule has 1 aromatic heterocycles. The summed E-state index contributed by atoms with van der Waals surface area (Å²) in [6.07, 6.45) is 3.21. The second-order valence-electron chi connectivity index (χ2n) is 5.41. The SMILES string of the molecule is Cc1cc(C(=O)CC(C)C)c(C)n1C1CC1. The number of hydrogen-bond donors (Lipinski definition) is 0. The van der Waals surface area contributed by atoms with Crippen LogP contribution in [0.4, 0.5) is 0 Å². The Kier molecular flexibility index (Phi) is 2.92. The molecule has 0 aliphatic heterocycles. The topological polar surface area (TPSA) is 22.0 Å². The lowest BCUT2D eigenvalue weighted by Gasteiger charge is -2.08. The van der Waals surface area contributed by atoms with Gasteiger partial charge >= 0.3 is 0 Å².